The Morgan fingerprint density at radius 3 is 2.82 bits per heavy atom. The van der Waals surface area contributed by atoms with Crippen LogP contribution in [0.3, 0.4) is 0 Å². The van der Waals surface area contributed by atoms with E-state index < -0.39 is 0 Å². The van der Waals surface area contributed by atoms with Gasteiger partial charge in [0.05, 0.1) is 10.7 Å². The van der Waals surface area contributed by atoms with E-state index in [0.717, 1.165) is 24.5 Å². The number of amides is 1. The Morgan fingerprint density at radius 2 is 2.24 bits per heavy atom. The van der Waals surface area contributed by atoms with Crippen molar-refractivity contribution in [2.45, 2.75) is 6.42 Å². The number of thiophene rings is 1. The average Bonchev–Trinajstić information content (AvgIpc) is 2.65. The van der Waals surface area contributed by atoms with Crippen LogP contribution in [0.15, 0.2) is 6.07 Å². The molecule has 0 unspecified atom stereocenters. The van der Waals surface area contributed by atoms with E-state index in [1.165, 1.54) is 11.3 Å². The predicted molar refractivity (Wildman–Crippen MR) is 73.8 cm³/mol. The number of hydrogen-bond acceptors (Lipinski definition) is 5. The Balaban J connectivity index is 2.47. The van der Waals surface area contributed by atoms with Crippen molar-refractivity contribution in [1.29, 1.82) is 0 Å². The molecule has 0 spiro atoms. The lowest BCUT2D eigenvalue weighted by Gasteiger charge is -2.09. The molecule has 6 heteroatoms. The smallest absolute Gasteiger partial charge is 0.263 e. The van der Waals surface area contributed by atoms with Crippen molar-refractivity contribution in [2.75, 3.05) is 45.3 Å². The van der Waals surface area contributed by atoms with E-state index >= 15 is 0 Å². The maximum atomic E-state index is 11.5. The molecular weight excluding hydrogens is 236 g/mol. The summed E-state index contributed by atoms with van der Waals surface area (Å²) in [4.78, 5) is 14.2. The zero-order valence-electron chi connectivity index (χ0n) is 10.5. The second-order valence-corrected chi connectivity index (χ2v) is 5.11. The van der Waals surface area contributed by atoms with Crippen LogP contribution >= 0.6 is 11.3 Å². The summed E-state index contributed by atoms with van der Waals surface area (Å²) in [6, 6.07) is 1.81. The molecule has 1 rings (SSSR count). The van der Waals surface area contributed by atoms with Crippen LogP contribution in [0.1, 0.15) is 16.1 Å². The minimum atomic E-state index is -0.131. The van der Waals surface area contributed by atoms with Gasteiger partial charge in [0.2, 0.25) is 0 Å². The molecule has 0 saturated heterocycles. The zero-order chi connectivity index (χ0) is 12.8. The summed E-state index contributed by atoms with van der Waals surface area (Å²) >= 11 is 1.39. The number of carbonyl (C=O) groups is 1. The van der Waals surface area contributed by atoms with Crippen LogP contribution in [-0.2, 0) is 0 Å². The van der Waals surface area contributed by atoms with Crippen LogP contribution in [-0.4, -0.2) is 45.0 Å². The summed E-state index contributed by atoms with van der Waals surface area (Å²) in [6.07, 6.45) is 1.06. The van der Waals surface area contributed by atoms with Gasteiger partial charge in [0, 0.05) is 13.6 Å². The van der Waals surface area contributed by atoms with E-state index in [1.807, 2.05) is 20.2 Å². The van der Waals surface area contributed by atoms with Crippen molar-refractivity contribution in [3.63, 3.8) is 0 Å². The molecule has 96 valence electrons. The Labute approximate surface area is 106 Å². The predicted octanol–water partition coefficient (Wildman–Crippen LogP) is 1.05. The molecule has 0 aliphatic carbocycles. The molecule has 1 amide bonds. The molecule has 0 bridgehead atoms. The van der Waals surface area contributed by atoms with E-state index in [1.54, 1.807) is 7.05 Å². The maximum absolute atomic E-state index is 11.5. The topological polar surface area (TPSA) is 70.4 Å². The number of nitrogens with zero attached hydrogens (tertiary/aromatic N) is 1. The van der Waals surface area contributed by atoms with Crippen LogP contribution in [0.4, 0.5) is 10.7 Å². The second-order valence-electron chi connectivity index (χ2n) is 4.06. The van der Waals surface area contributed by atoms with Gasteiger partial charge in [-0.15, -0.1) is 11.3 Å². The number of hydrogen-bond donors (Lipinski definition) is 3. The van der Waals surface area contributed by atoms with E-state index in [0.29, 0.717) is 10.6 Å². The van der Waals surface area contributed by atoms with Gasteiger partial charge in [0.15, 0.2) is 0 Å². The van der Waals surface area contributed by atoms with Gasteiger partial charge in [-0.05, 0) is 33.1 Å². The lowest BCUT2D eigenvalue weighted by molar-refractivity contribution is 0.0968. The first kappa shape index (κ1) is 13.8. The van der Waals surface area contributed by atoms with Crippen LogP contribution in [0.5, 0.6) is 0 Å². The molecule has 5 nitrogen and oxygen atoms in total. The third-order valence-electron chi connectivity index (χ3n) is 2.28. The van der Waals surface area contributed by atoms with E-state index in [2.05, 4.69) is 15.5 Å². The summed E-state index contributed by atoms with van der Waals surface area (Å²) in [6.45, 7) is 1.92. The monoisotopic (exact) mass is 256 g/mol. The van der Waals surface area contributed by atoms with Crippen LogP contribution < -0.4 is 16.4 Å². The molecule has 1 aromatic rings. The molecular formula is C11H20N4OS. The van der Waals surface area contributed by atoms with E-state index in [4.69, 9.17) is 5.73 Å². The highest BCUT2D eigenvalue weighted by molar-refractivity contribution is 7.18. The van der Waals surface area contributed by atoms with Crippen LogP contribution in [0.2, 0.25) is 0 Å². The molecule has 0 fully saturated rings. The van der Waals surface area contributed by atoms with Gasteiger partial charge >= 0.3 is 0 Å². The number of carbonyl (C=O) groups excluding carboxylic acids is 1. The van der Waals surface area contributed by atoms with Gasteiger partial charge in [-0.1, -0.05) is 0 Å². The summed E-state index contributed by atoms with van der Waals surface area (Å²) in [7, 11) is 5.70. The minimum absolute atomic E-state index is 0.131. The molecule has 0 radical (unpaired) electrons. The van der Waals surface area contributed by atoms with Gasteiger partial charge in [-0.25, -0.2) is 0 Å². The van der Waals surface area contributed by atoms with Crippen molar-refractivity contribution in [2.24, 2.45) is 0 Å². The highest BCUT2D eigenvalue weighted by Gasteiger charge is 2.12. The molecule has 17 heavy (non-hydrogen) atoms. The summed E-state index contributed by atoms with van der Waals surface area (Å²) in [5, 5.41) is 6.79. The van der Waals surface area contributed by atoms with E-state index in [9.17, 15) is 4.79 Å². The summed E-state index contributed by atoms with van der Waals surface area (Å²) < 4.78 is 0. The fourth-order valence-electron chi connectivity index (χ4n) is 1.39. The maximum Gasteiger partial charge on any atom is 0.263 e. The molecule has 0 saturated carbocycles. The molecule has 0 atom stereocenters. The number of nitrogens with two attached hydrogens (primary N) is 1. The van der Waals surface area contributed by atoms with Crippen molar-refractivity contribution < 1.29 is 4.79 Å². The zero-order valence-corrected chi connectivity index (χ0v) is 11.4. The fraction of sp³-hybridized carbons (Fsp3) is 0.545. The van der Waals surface area contributed by atoms with Crippen molar-refractivity contribution in [3.05, 3.63) is 10.9 Å². The first-order valence-electron chi connectivity index (χ1n) is 5.54. The highest BCUT2D eigenvalue weighted by atomic mass is 32.1. The van der Waals surface area contributed by atoms with Gasteiger partial charge in [-0.3, -0.25) is 4.79 Å². The molecule has 1 aromatic heterocycles. The molecule has 1 heterocycles. The first-order valence-corrected chi connectivity index (χ1v) is 6.36. The van der Waals surface area contributed by atoms with Crippen LogP contribution in [0.25, 0.3) is 0 Å². The molecule has 4 N–H and O–H groups in total. The Bertz CT molecular complexity index is 376. The van der Waals surface area contributed by atoms with Crippen LogP contribution in [0, 0.1) is 0 Å². The van der Waals surface area contributed by atoms with Gasteiger partial charge in [0.25, 0.3) is 5.91 Å². The Hall–Kier alpha value is -1.27. The number of rotatable bonds is 6. The lowest BCUT2D eigenvalue weighted by Crippen LogP contribution is -2.17. The van der Waals surface area contributed by atoms with Gasteiger partial charge in [-0.2, -0.15) is 0 Å². The first-order chi connectivity index (χ1) is 8.04. The Morgan fingerprint density at radius 1 is 1.53 bits per heavy atom. The SMILES string of the molecule is CNC(=O)c1sc(NCCCN(C)C)cc1N. The average molecular weight is 256 g/mol. The lowest BCUT2D eigenvalue weighted by atomic mass is 10.3. The van der Waals surface area contributed by atoms with Gasteiger partial charge in [0.1, 0.15) is 4.88 Å². The fourth-order valence-corrected chi connectivity index (χ4v) is 2.34. The summed E-state index contributed by atoms with van der Waals surface area (Å²) in [5.41, 5.74) is 6.30. The molecule has 0 aliphatic heterocycles. The third-order valence-corrected chi connectivity index (χ3v) is 3.38. The quantitative estimate of drug-likeness (QED) is 0.665. The van der Waals surface area contributed by atoms with Gasteiger partial charge < -0.3 is 21.3 Å². The van der Waals surface area contributed by atoms with Crippen molar-refractivity contribution in [3.8, 4) is 0 Å². The minimum Gasteiger partial charge on any atom is -0.397 e. The molecule has 0 aromatic carbocycles. The number of nitrogens with one attached hydrogen (secondary N) is 2. The number of anilines is 2. The largest absolute Gasteiger partial charge is 0.397 e. The normalized spacial score (nSPS) is 10.6. The Kier molecular flexibility index (Phi) is 5.24. The second kappa shape index (κ2) is 6.46. The molecule has 0 aliphatic rings. The van der Waals surface area contributed by atoms with E-state index in [-0.39, 0.29) is 5.91 Å². The van der Waals surface area contributed by atoms with Crippen molar-refractivity contribution in [1.82, 2.24) is 10.2 Å². The third kappa shape index (κ3) is 4.24. The highest BCUT2D eigenvalue weighted by Crippen LogP contribution is 2.28. The number of nitrogen functional groups attached to an aromatic ring is 1. The standard InChI is InChI=1S/C11H20N4OS/c1-13-11(16)10-8(12)7-9(17-10)14-5-4-6-15(2)3/h7,14H,4-6,12H2,1-3H3,(H,13,16). The van der Waals surface area contributed by atoms with Crippen molar-refractivity contribution >= 4 is 27.9 Å². The summed E-state index contributed by atoms with van der Waals surface area (Å²) in [5.74, 6) is -0.131.